The van der Waals surface area contributed by atoms with E-state index >= 15 is 4.39 Å². The van der Waals surface area contributed by atoms with E-state index in [0.29, 0.717) is 11.2 Å². The molecule has 1 saturated heterocycles. The largest absolute Gasteiger partial charge is 0.379 e. The number of hydrogen-bond donors (Lipinski definition) is 0. The molecule has 1 aliphatic rings. The van der Waals surface area contributed by atoms with Gasteiger partial charge in [0.25, 0.3) is 0 Å². The summed E-state index contributed by atoms with van der Waals surface area (Å²) in [6.45, 7) is 7.10. The summed E-state index contributed by atoms with van der Waals surface area (Å²) in [6, 6.07) is 11.0. The van der Waals surface area contributed by atoms with Crippen LogP contribution in [0.15, 0.2) is 55.0 Å². The van der Waals surface area contributed by atoms with Crippen molar-refractivity contribution in [3.63, 3.8) is 0 Å². The van der Waals surface area contributed by atoms with Gasteiger partial charge in [-0.15, -0.1) is 10.2 Å². The van der Waals surface area contributed by atoms with E-state index < -0.39 is 6.17 Å². The van der Waals surface area contributed by atoms with Gasteiger partial charge in [-0.25, -0.2) is 4.39 Å². The Morgan fingerprint density at radius 2 is 1.89 bits per heavy atom. The van der Waals surface area contributed by atoms with Crippen molar-refractivity contribution in [3.8, 4) is 11.1 Å². The monoisotopic (exact) mass is 472 g/mol. The van der Waals surface area contributed by atoms with Crippen molar-refractivity contribution in [2.75, 3.05) is 32.8 Å². The number of halogens is 1. The fourth-order valence-corrected chi connectivity index (χ4v) is 4.37. The summed E-state index contributed by atoms with van der Waals surface area (Å²) in [5.74, 6) is 0.161. The Hall–Kier alpha value is -3.76. The third kappa shape index (κ3) is 4.38. The van der Waals surface area contributed by atoms with Crippen molar-refractivity contribution < 1.29 is 9.13 Å². The summed E-state index contributed by atoms with van der Waals surface area (Å²) < 4.78 is 24.4. The van der Waals surface area contributed by atoms with E-state index in [-0.39, 0.29) is 5.82 Å². The molecule has 1 aromatic carbocycles. The van der Waals surface area contributed by atoms with Gasteiger partial charge in [0.2, 0.25) is 0 Å². The molecule has 1 fully saturated rings. The summed E-state index contributed by atoms with van der Waals surface area (Å²) in [7, 11) is 0. The number of benzene rings is 1. The Kier molecular flexibility index (Phi) is 5.67. The lowest BCUT2D eigenvalue weighted by Gasteiger charge is -2.26. The maximum atomic E-state index is 15.5. The second kappa shape index (κ2) is 9.12. The van der Waals surface area contributed by atoms with Gasteiger partial charge < -0.3 is 4.74 Å². The summed E-state index contributed by atoms with van der Waals surface area (Å²) in [5.41, 5.74) is 4.48. The molecule has 9 nitrogen and oxygen atoms in total. The lowest BCUT2D eigenvalue weighted by Crippen LogP contribution is -2.38. The van der Waals surface area contributed by atoms with Crippen LogP contribution in [0.4, 0.5) is 4.39 Å². The smallest absolute Gasteiger partial charge is 0.193 e. The predicted octanol–water partition coefficient (Wildman–Crippen LogP) is 3.24. The third-order valence-electron chi connectivity index (χ3n) is 6.36. The first-order valence-electron chi connectivity index (χ1n) is 11.7. The molecule has 10 heteroatoms. The Morgan fingerprint density at radius 1 is 1.00 bits per heavy atom. The van der Waals surface area contributed by atoms with Gasteiger partial charge in [0.05, 0.1) is 37.2 Å². The molecule has 35 heavy (non-hydrogen) atoms. The van der Waals surface area contributed by atoms with Crippen molar-refractivity contribution in [2.45, 2.75) is 19.6 Å². The molecule has 0 N–H and O–H groups in total. The van der Waals surface area contributed by atoms with Crippen LogP contribution in [-0.4, -0.2) is 72.3 Å². The number of nitrogens with zero attached hydrogens (tertiary/aromatic N) is 8. The van der Waals surface area contributed by atoms with Crippen LogP contribution in [0.1, 0.15) is 23.3 Å². The average molecular weight is 473 g/mol. The summed E-state index contributed by atoms with van der Waals surface area (Å²) in [5, 5.41) is 17.8. The first kappa shape index (κ1) is 21.8. The zero-order chi connectivity index (χ0) is 23.8. The highest BCUT2D eigenvalue weighted by Gasteiger charge is 2.21. The van der Waals surface area contributed by atoms with E-state index in [4.69, 9.17) is 4.74 Å². The molecule has 4 aromatic heterocycles. The van der Waals surface area contributed by atoms with Gasteiger partial charge in [0.15, 0.2) is 17.6 Å². The Morgan fingerprint density at radius 3 is 2.77 bits per heavy atom. The fraction of sp³-hybridized carbons (Fsp3) is 0.320. The van der Waals surface area contributed by atoms with E-state index in [2.05, 4.69) is 30.3 Å². The van der Waals surface area contributed by atoms with Gasteiger partial charge >= 0.3 is 0 Å². The zero-order valence-corrected chi connectivity index (χ0v) is 19.4. The summed E-state index contributed by atoms with van der Waals surface area (Å²) in [4.78, 5) is 6.97. The molecule has 0 saturated carbocycles. The number of aryl methyl sites for hydroxylation is 1. The molecule has 0 spiro atoms. The first-order chi connectivity index (χ1) is 17.1. The van der Waals surface area contributed by atoms with Crippen LogP contribution in [0.2, 0.25) is 0 Å². The molecule has 0 radical (unpaired) electrons. The molecule has 0 bridgehead atoms. The minimum Gasteiger partial charge on any atom is -0.379 e. The number of pyridine rings is 1. The van der Waals surface area contributed by atoms with Crippen LogP contribution >= 0.6 is 0 Å². The number of rotatable bonds is 6. The molecule has 1 aliphatic heterocycles. The quantitative estimate of drug-likeness (QED) is 0.375. The van der Waals surface area contributed by atoms with E-state index in [1.807, 2.05) is 54.5 Å². The lowest BCUT2D eigenvalue weighted by molar-refractivity contribution is 0.0360. The second-order valence-corrected chi connectivity index (χ2v) is 8.79. The molecular weight excluding hydrogens is 447 g/mol. The zero-order valence-electron chi connectivity index (χ0n) is 19.4. The molecule has 1 atom stereocenters. The van der Waals surface area contributed by atoms with Crippen molar-refractivity contribution in [1.29, 1.82) is 0 Å². The molecule has 1 unspecified atom stereocenters. The van der Waals surface area contributed by atoms with Gasteiger partial charge in [-0.1, -0.05) is 6.07 Å². The van der Waals surface area contributed by atoms with E-state index in [1.54, 1.807) is 12.1 Å². The number of hydrogen-bond acceptors (Lipinski definition) is 7. The van der Waals surface area contributed by atoms with Crippen LogP contribution < -0.4 is 0 Å². The maximum absolute atomic E-state index is 15.5. The van der Waals surface area contributed by atoms with Gasteiger partial charge in [0, 0.05) is 48.5 Å². The van der Waals surface area contributed by atoms with Crippen LogP contribution in [0.3, 0.4) is 0 Å². The highest BCUT2D eigenvalue weighted by atomic mass is 19.1. The molecule has 6 rings (SSSR count). The molecule has 0 amide bonds. The minimum atomic E-state index is -1.46. The van der Waals surface area contributed by atoms with Crippen LogP contribution in [0, 0.1) is 6.92 Å². The van der Waals surface area contributed by atoms with Gasteiger partial charge in [-0.2, -0.15) is 14.7 Å². The van der Waals surface area contributed by atoms with Crippen LogP contribution in [-0.2, 0) is 11.3 Å². The first-order valence-corrected chi connectivity index (χ1v) is 11.7. The normalized spacial score (nSPS) is 15.7. The predicted molar refractivity (Wildman–Crippen MR) is 129 cm³/mol. The standard InChI is InChI=1S/C25H25FN8O/c1-17-2-5-23-29-30-25(34(23)31-17)24(26)18-3-4-22-19(12-18)13-20(14-27-22)21-15-28-33(16-21)7-6-32-8-10-35-11-9-32/h2-5,12-16,24H,6-11H2,1H3. The van der Waals surface area contributed by atoms with Crippen LogP contribution in [0.25, 0.3) is 27.7 Å². The number of alkyl halides is 1. The molecule has 5 aromatic rings. The summed E-state index contributed by atoms with van der Waals surface area (Å²) in [6.07, 6.45) is 4.24. The second-order valence-electron chi connectivity index (χ2n) is 8.79. The van der Waals surface area contributed by atoms with Crippen molar-refractivity contribution in [1.82, 2.24) is 39.5 Å². The van der Waals surface area contributed by atoms with E-state index in [0.717, 1.165) is 67.1 Å². The Labute approximate surface area is 201 Å². The Balaban J connectivity index is 1.25. The molecule has 0 aliphatic carbocycles. The number of morpholine rings is 1. The minimum absolute atomic E-state index is 0.161. The van der Waals surface area contributed by atoms with E-state index in [1.165, 1.54) is 4.52 Å². The molecular formula is C25H25FN8O. The summed E-state index contributed by atoms with van der Waals surface area (Å²) >= 11 is 0. The number of ether oxygens (including phenoxy) is 1. The SMILES string of the molecule is Cc1ccc2nnc(C(F)c3ccc4ncc(-c5cnn(CCN6CCOCC6)c5)cc4c3)n2n1. The number of aromatic nitrogens is 7. The van der Waals surface area contributed by atoms with Gasteiger partial charge in [-0.3, -0.25) is 14.6 Å². The van der Waals surface area contributed by atoms with Crippen molar-refractivity contribution in [2.24, 2.45) is 0 Å². The van der Waals surface area contributed by atoms with Crippen molar-refractivity contribution in [3.05, 3.63) is 72.1 Å². The Bertz CT molecular complexity index is 1490. The van der Waals surface area contributed by atoms with Gasteiger partial charge in [0.1, 0.15) is 0 Å². The highest BCUT2D eigenvalue weighted by Crippen LogP contribution is 2.29. The van der Waals surface area contributed by atoms with Crippen molar-refractivity contribution >= 4 is 16.6 Å². The molecule has 5 heterocycles. The van der Waals surface area contributed by atoms with E-state index in [9.17, 15) is 0 Å². The highest BCUT2D eigenvalue weighted by molar-refractivity contribution is 5.84. The fourth-order valence-electron chi connectivity index (χ4n) is 4.37. The van der Waals surface area contributed by atoms with Gasteiger partial charge in [-0.05, 0) is 42.8 Å². The van der Waals surface area contributed by atoms with Crippen LogP contribution in [0.5, 0.6) is 0 Å². The lowest BCUT2D eigenvalue weighted by atomic mass is 10.0. The molecule has 178 valence electrons. The topological polar surface area (TPSA) is 86.3 Å². The average Bonchev–Trinajstić information content (AvgIpc) is 3.54. The number of fused-ring (bicyclic) bond motifs is 2. The third-order valence-corrected chi connectivity index (χ3v) is 6.36. The maximum Gasteiger partial charge on any atom is 0.193 e.